The van der Waals surface area contributed by atoms with Gasteiger partial charge in [0.25, 0.3) is 5.85 Å². The fourth-order valence-corrected chi connectivity index (χ4v) is 8.02. The highest BCUT2D eigenvalue weighted by Gasteiger charge is 2.41. The van der Waals surface area contributed by atoms with Gasteiger partial charge in [0.1, 0.15) is 0 Å². The molecule has 38 heavy (non-hydrogen) atoms. The molecule has 1 rings (SSSR count). The average Bonchev–Trinajstić information content (AvgIpc) is 3.15. The zero-order chi connectivity index (χ0) is 28.1. The fourth-order valence-electron chi connectivity index (χ4n) is 5.63. The summed E-state index contributed by atoms with van der Waals surface area (Å²) in [5, 5.41) is 9.20. The summed E-state index contributed by atoms with van der Waals surface area (Å²) in [5.41, 5.74) is 0. The minimum Gasteiger partial charge on any atom is -0.479 e. The maximum absolute atomic E-state index is 12.4. The van der Waals surface area contributed by atoms with E-state index in [2.05, 4.69) is 18.7 Å². The molecule has 0 heterocycles. The van der Waals surface area contributed by atoms with Gasteiger partial charge in [-0.15, -0.1) is 0 Å². The van der Waals surface area contributed by atoms with Crippen LogP contribution in [0.4, 0.5) is 0 Å². The molecule has 4 atom stereocenters. The molecule has 0 radical (unpaired) electrons. The molecule has 0 aromatic heterocycles. The second-order valence-electron chi connectivity index (χ2n) is 11.4. The zero-order valence-electron chi connectivity index (χ0n) is 24.7. The minimum absolute atomic E-state index is 0.109. The molecular weight excluding hydrogens is 519 g/mol. The first kappa shape index (κ1) is 36.0. The van der Waals surface area contributed by atoms with Crippen molar-refractivity contribution in [2.24, 2.45) is 11.8 Å². The molecule has 1 fully saturated rings. The van der Waals surface area contributed by atoms with Crippen LogP contribution in [0.5, 0.6) is 0 Å². The van der Waals surface area contributed by atoms with E-state index < -0.39 is 25.5 Å². The molecule has 4 unspecified atom stereocenters. The molecule has 0 saturated heterocycles. The van der Waals surface area contributed by atoms with Crippen LogP contribution < -0.4 is 0 Å². The molecule has 0 aliphatic heterocycles. The van der Waals surface area contributed by atoms with Crippen LogP contribution in [-0.4, -0.2) is 46.0 Å². The van der Waals surface area contributed by atoms with Crippen LogP contribution in [0.15, 0.2) is 0 Å². The molecule has 2 N–H and O–H groups in total. The molecular formula is C30H59O6PS. The lowest BCUT2D eigenvalue weighted by molar-refractivity contribution is -0.146. The summed E-state index contributed by atoms with van der Waals surface area (Å²) in [4.78, 5) is 21.4. The van der Waals surface area contributed by atoms with Crippen LogP contribution >= 0.6 is 19.4 Å². The van der Waals surface area contributed by atoms with Crippen molar-refractivity contribution < 1.29 is 28.6 Å². The second-order valence-corrected chi connectivity index (χ2v) is 14.4. The van der Waals surface area contributed by atoms with Crippen LogP contribution in [0, 0.1) is 11.8 Å². The number of carboxylic acid groups (broad SMARTS) is 1. The van der Waals surface area contributed by atoms with Crippen molar-refractivity contribution >= 4 is 25.3 Å². The van der Waals surface area contributed by atoms with Crippen molar-refractivity contribution in [3.63, 3.8) is 0 Å². The third kappa shape index (κ3) is 16.9. The lowest BCUT2D eigenvalue weighted by atomic mass is 9.81. The predicted octanol–water partition coefficient (Wildman–Crippen LogP) is 9.44. The summed E-state index contributed by atoms with van der Waals surface area (Å²) < 4.78 is 22.6. The Kier molecular flexibility index (Phi) is 21.4. The van der Waals surface area contributed by atoms with Gasteiger partial charge in [0.2, 0.25) is 0 Å². The van der Waals surface area contributed by atoms with Crippen molar-refractivity contribution in [2.75, 3.05) is 18.1 Å². The monoisotopic (exact) mass is 578 g/mol. The average molecular weight is 579 g/mol. The predicted molar refractivity (Wildman–Crippen MR) is 161 cm³/mol. The number of carboxylic acids is 1. The van der Waals surface area contributed by atoms with Crippen molar-refractivity contribution in [1.82, 2.24) is 0 Å². The molecule has 0 bridgehead atoms. The number of ether oxygens (including phenoxy) is 1. The summed E-state index contributed by atoms with van der Waals surface area (Å²) in [7, 11) is -4.37. The van der Waals surface area contributed by atoms with E-state index >= 15 is 0 Å². The Balaban J connectivity index is 2.11. The van der Waals surface area contributed by atoms with Crippen molar-refractivity contribution in [2.45, 2.75) is 155 Å². The molecule has 1 saturated carbocycles. The van der Waals surface area contributed by atoms with Crippen molar-refractivity contribution in [3.8, 4) is 0 Å². The van der Waals surface area contributed by atoms with Crippen LogP contribution in [-0.2, 0) is 18.6 Å². The summed E-state index contributed by atoms with van der Waals surface area (Å²) in [6, 6.07) is 0. The lowest BCUT2D eigenvalue weighted by Gasteiger charge is -2.26. The third-order valence-corrected chi connectivity index (χ3v) is 10.6. The van der Waals surface area contributed by atoms with E-state index in [0.29, 0.717) is 12.8 Å². The van der Waals surface area contributed by atoms with Gasteiger partial charge in [-0.25, -0.2) is 4.79 Å². The van der Waals surface area contributed by atoms with E-state index in [9.17, 15) is 19.4 Å². The highest BCUT2D eigenvalue weighted by atomic mass is 32.2. The highest BCUT2D eigenvalue weighted by molar-refractivity contribution is 7.99. The number of rotatable bonds is 24. The van der Waals surface area contributed by atoms with E-state index in [-0.39, 0.29) is 6.61 Å². The smallest absolute Gasteiger partial charge is 0.368 e. The number of unbranched alkanes of at least 4 members (excludes halogenated alkanes) is 7. The number of hydrogen-bond acceptors (Lipinski definition) is 5. The Morgan fingerprint density at radius 3 is 2.13 bits per heavy atom. The van der Waals surface area contributed by atoms with Crippen LogP contribution in [0.2, 0.25) is 0 Å². The Morgan fingerprint density at radius 1 is 0.868 bits per heavy atom. The largest absolute Gasteiger partial charge is 0.479 e. The molecule has 1 aliphatic carbocycles. The van der Waals surface area contributed by atoms with Crippen LogP contribution in [0.1, 0.15) is 143 Å². The Morgan fingerprint density at radius 2 is 1.50 bits per heavy atom. The topological polar surface area (TPSA) is 93.1 Å². The van der Waals surface area contributed by atoms with Gasteiger partial charge in [0.15, 0.2) is 0 Å². The maximum Gasteiger partial charge on any atom is 0.368 e. The Labute approximate surface area is 238 Å². The standard InChI is InChI=1S/C30H59O6PS/c1-4-6-13-19-28(27-20-15-10-11-16-21-27)22-25-38-24-17-12-8-7-9-14-18-26(3)36-37(33,34)30(29(31)32)35-23-5-2/h26-28,30H,4-25H2,1-3H3,(H,31,32)(H,33,34). The van der Waals surface area contributed by atoms with Crippen LogP contribution in [0.3, 0.4) is 0 Å². The van der Waals surface area contributed by atoms with E-state index in [1.807, 2.05) is 6.92 Å². The SMILES string of the molecule is CCCCCC(CCSCCCCCCCCC(C)OP(=O)(O)C(OCCC)C(=O)O)C1CCCCCC1. The molecule has 226 valence electrons. The highest BCUT2D eigenvalue weighted by Crippen LogP contribution is 2.49. The van der Waals surface area contributed by atoms with E-state index in [0.717, 1.165) is 31.1 Å². The first-order valence-corrected chi connectivity index (χ1v) is 18.5. The number of carbonyl (C=O) groups is 1. The fraction of sp³-hybridized carbons (Fsp3) is 0.967. The lowest BCUT2D eigenvalue weighted by Crippen LogP contribution is -2.27. The number of hydrogen-bond donors (Lipinski definition) is 2. The van der Waals surface area contributed by atoms with Gasteiger partial charge < -0.3 is 19.3 Å². The Hall–Kier alpha value is -0.0700. The van der Waals surface area contributed by atoms with Gasteiger partial charge in [-0.3, -0.25) is 4.57 Å². The molecule has 0 aromatic rings. The summed E-state index contributed by atoms with van der Waals surface area (Å²) in [5.74, 6) is 1.27. The maximum atomic E-state index is 12.4. The summed E-state index contributed by atoms with van der Waals surface area (Å²) >= 11 is 2.16. The van der Waals surface area contributed by atoms with Gasteiger partial charge in [-0.2, -0.15) is 11.8 Å². The summed E-state index contributed by atoms with van der Waals surface area (Å²) in [6.45, 7) is 5.96. The van der Waals surface area contributed by atoms with Gasteiger partial charge in [-0.05, 0) is 55.9 Å². The zero-order valence-corrected chi connectivity index (χ0v) is 26.5. The van der Waals surface area contributed by atoms with Crippen molar-refractivity contribution in [1.29, 1.82) is 0 Å². The van der Waals surface area contributed by atoms with E-state index in [1.54, 1.807) is 6.92 Å². The molecule has 8 heteroatoms. The van der Waals surface area contributed by atoms with Gasteiger partial charge >= 0.3 is 13.6 Å². The van der Waals surface area contributed by atoms with E-state index in [4.69, 9.17) is 9.26 Å². The Bertz CT molecular complexity index is 626. The van der Waals surface area contributed by atoms with E-state index in [1.165, 1.54) is 101 Å². The van der Waals surface area contributed by atoms with Crippen LogP contribution in [0.25, 0.3) is 0 Å². The minimum atomic E-state index is -4.37. The second kappa shape index (κ2) is 22.6. The molecule has 0 spiro atoms. The number of aliphatic carboxylic acids is 1. The van der Waals surface area contributed by atoms with Gasteiger partial charge in [0, 0.05) is 6.61 Å². The third-order valence-electron chi connectivity index (χ3n) is 7.85. The molecule has 1 aliphatic rings. The molecule has 6 nitrogen and oxygen atoms in total. The van der Waals surface area contributed by atoms with Gasteiger partial charge in [0.05, 0.1) is 6.10 Å². The number of thioether (sulfide) groups is 1. The van der Waals surface area contributed by atoms with Crippen molar-refractivity contribution in [3.05, 3.63) is 0 Å². The molecule has 0 amide bonds. The first-order chi connectivity index (χ1) is 18.3. The molecule has 0 aromatic carbocycles. The first-order valence-electron chi connectivity index (χ1n) is 15.7. The quantitative estimate of drug-likeness (QED) is 0.0669. The summed E-state index contributed by atoms with van der Waals surface area (Å²) in [6.07, 6.45) is 23.4. The normalized spacial score (nSPS) is 18.9. The van der Waals surface area contributed by atoms with Gasteiger partial charge in [-0.1, -0.05) is 110 Å².